The molecule has 0 aliphatic carbocycles. The molecule has 6 heteroatoms. The minimum absolute atomic E-state index is 0.241. The van der Waals surface area contributed by atoms with E-state index >= 15 is 0 Å². The highest BCUT2D eigenvalue weighted by Crippen LogP contribution is 2.25. The fourth-order valence-electron chi connectivity index (χ4n) is 2.45. The van der Waals surface area contributed by atoms with Crippen LogP contribution in [0.15, 0.2) is 48.5 Å². The Morgan fingerprint density at radius 3 is 2.23 bits per heavy atom. The maximum atomic E-state index is 11.0. The Morgan fingerprint density at radius 1 is 1.00 bits per heavy atom. The third-order valence-corrected chi connectivity index (χ3v) is 4.13. The zero-order chi connectivity index (χ0) is 18.7. The van der Waals surface area contributed by atoms with Gasteiger partial charge in [0, 0.05) is 22.5 Å². The molecule has 1 aromatic heterocycles. The quantitative estimate of drug-likeness (QED) is 0.718. The number of aromatic nitrogens is 2. The van der Waals surface area contributed by atoms with E-state index in [1.54, 1.807) is 31.4 Å². The van der Waals surface area contributed by atoms with Crippen molar-refractivity contribution in [3.05, 3.63) is 65.4 Å². The Kier molecular flexibility index (Phi) is 4.84. The molecule has 0 fully saturated rings. The summed E-state index contributed by atoms with van der Waals surface area (Å²) in [6.45, 7) is 3.88. The number of anilines is 2. The molecule has 1 heterocycles. The van der Waals surface area contributed by atoms with Crippen molar-refractivity contribution in [2.24, 2.45) is 0 Å². The highest BCUT2D eigenvalue weighted by atomic mass is 16.5. The van der Waals surface area contributed by atoms with E-state index in [2.05, 4.69) is 15.3 Å². The normalized spacial score (nSPS) is 10.4. The monoisotopic (exact) mass is 349 g/mol. The number of nitrogens with zero attached hydrogens (tertiary/aromatic N) is 2. The molecule has 0 aliphatic rings. The second-order valence-electron chi connectivity index (χ2n) is 5.84. The number of aromatic carboxylic acids is 1. The number of ether oxygens (including phenoxy) is 1. The van der Waals surface area contributed by atoms with Gasteiger partial charge in [-0.1, -0.05) is 0 Å². The summed E-state index contributed by atoms with van der Waals surface area (Å²) in [7, 11) is 1.62. The average Bonchev–Trinajstić information content (AvgIpc) is 2.65. The third-order valence-electron chi connectivity index (χ3n) is 4.13. The molecule has 0 bridgehead atoms. The van der Waals surface area contributed by atoms with Crippen molar-refractivity contribution in [2.45, 2.75) is 13.8 Å². The van der Waals surface area contributed by atoms with Crippen LogP contribution in [0.3, 0.4) is 0 Å². The number of benzene rings is 2. The molecule has 2 N–H and O–H groups in total. The first kappa shape index (κ1) is 17.4. The maximum absolute atomic E-state index is 11.0. The fourth-order valence-corrected chi connectivity index (χ4v) is 2.45. The van der Waals surface area contributed by atoms with Gasteiger partial charge in [0.05, 0.1) is 12.7 Å². The van der Waals surface area contributed by atoms with Gasteiger partial charge in [0.25, 0.3) is 0 Å². The SMILES string of the molecule is COc1ccc(-c2nc(C)c(C)c(Nc3ccc(C(=O)O)cc3)n2)cc1. The van der Waals surface area contributed by atoms with Crippen molar-refractivity contribution in [1.29, 1.82) is 0 Å². The van der Waals surface area contributed by atoms with Gasteiger partial charge in [0.1, 0.15) is 11.6 Å². The van der Waals surface area contributed by atoms with Crippen LogP contribution in [0.4, 0.5) is 11.5 Å². The number of hydrogen-bond acceptors (Lipinski definition) is 5. The molecular weight excluding hydrogens is 330 g/mol. The molecule has 0 radical (unpaired) electrons. The highest BCUT2D eigenvalue weighted by molar-refractivity contribution is 5.88. The molecule has 6 nitrogen and oxygen atoms in total. The number of carboxylic acids is 1. The maximum Gasteiger partial charge on any atom is 0.335 e. The van der Waals surface area contributed by atoms with Gasteiger partial charge < -0.3 is 15.2 Å². The van der Waals surface area contributed by atoms with Crippen LogP contribution in [0.1, 0.15) is 21.6 Å². The number of rotatable bonds is 5. The van der Waals surface area contributed by atoms with Gasteiger partial charge in [0.2, 0.25) is 0 Å². The minimum atomic E-state index is -0.951. The predicted molar refractivity (Wildman–Crippen MR) is 100 cm³/mol. The van der Waals surface area contributed by atoms with Crippen LogP contribution >= 0.6 is 0 Å². The first-order valence-electron chi connectivity index (χ1n) is 8.08. The van der Waals surface area contributed by atoms with E-state index in [1.807, 2.05) is 38.1 Å². The molecule has 0 saturated heterocycles. The molecule has 0 spiro atoms. The number of methoxy groups -OCH3 is 1. The zero-order valence-electron chi connectivity index (χ0n) is 14.8. The molecule has 0 atom stereocenters. The number of carboxylic acid groups (broad SMARTS) is 1. The van der Waals surface area contributed by atoms with Crippen LogP contribution in [0.5, 0.6) is 5.75 Å². The summed E-state index contributed by atoms with van der Waals surface area (Å²) in [5.41, 5.74) is 3.69. The standard InChI is InChI=1S/C20H19N3O3/c1-12-13(2)21-19(14-6-10-17(26-3)11-7-14)23-18(12)22-16-8-4-15(5-9-16)20(24)25/h4-11H,1-3H3,(H,24,25)(H,21,22,23). The van der Waals surface area contributed by atoms with E-state index < -0.39 is 5.97 Å². The third kappa shape index (κ3) is 3.64. The molecule has 0 saturated carbocycles. The van der Waals surface area contributed by atoms with E-state index in [-0.39, 0.29) is 5.56 Å². The van der Waals surface area contributed by atoms with Gasteiger partial charge in [-0.25, -0.2) is 14.8 Å². The topological polar surface area (TPSA) is 84.3 Å². The smallest absolute Gasteiger partial charge is 0.335 e. The molecule has 0 unspecified atom stereocenters. The zero-order valence-corrected chi connectivity index (χ0v) is 14.8. The molecule has 132 valence electrons. The Hall–Kier alpha value is -3.41. The lowest BCUT2D eigenvalue weighted by molar-refractivity contribution is 0.0697. The Labute approximate surface area is 151 Å². The summed E-state index contributed by atoms with van der Waals surface area (Å²) >= 11 is 0. The van der Waals surface area contributed by atoms with Crippen LogP contribution in [0.25, 0.3) is 11.4 Å². The number of aryl methyl sites for hydroxylation is 1. The summed E-state index contributed by atoms with van der Waals surface area (Å²) in [4.78, 5) is 20.2. The lowest BCUT2D eigenvalue weighted by Gasteiger charge is -2.13. The van der Waals surface area contributed by atoms with Crippen molar-refractivity contribution in [1.82, 2.24) is 9.97 Å². The first-order valence-corrected chi connectivity index (χ1v) is 8.08. The van der Waals surface area contributed by atoms with E-state index in [0.29, 0.717) is 11.6 Å². The Bertz CT molecular complexity index is 936. The van der Waals surface area contributed by atoms with Crippen LogP contribution < -0.4 is 10.1 Å². The molecule has 3 rings (SSSR count). The van der Waals surface area contributed by atoms with Gasteiger partial charge in [-0.2, -0.15) is 0 Å². The Balaban J connectivity index is 1.93. The van der Waals surface area contributed by atoms with E-state index in [4.69, 9.17) is 9.84 Å². The van der Waals surface area contributed by atoms with Crippen molar-refractivity contribution in [2.75, 3.05) is 12.4 Å². The van der Waals surface area contributed by atoms with Crippen LogP contribution in [-0.2, 0) is 0 Å². The second kappa shape index (κ2) is 7.23. The summed E-state index contributed by atoms with van der Waals surface area (Å²) in [6.07, 6.45) is 0. The molecule has 26 heavy (non-hydrogen) atoms. The number of carbonyl (C=O) groups is 1. The molecule has 2 aromatic carbocycles. The molecule has 0 aliphatic heterocycles. The van der Waals surface area contributed by atoms with Crippen molar-refractivity contribution in [3.8, 4) is 17.1 Å². The molecule has 3 aromatic rings. The van der Waals surface area contributed by atoms with E-state index in [1.165, 1.54) is 0 Å². The van der Waals surface area contributed by atoms with E-state index in [9.17, 15) is 4.79 Å². The number of nitrogens with one attached hydrogen (secondary N) is 1. The average molecular weight is 349 g/mol. The predicted octanol–water partition coefficient (Wildman–Crippen LogP) is 4.21. The van der Waals surface area contributed by atoms with Crippen molar-refractivity contribution < 1.29 is 14.6 Å². The van der Waals surface area contributed by atoms with Gasteiger partial charge >= 0.3 is 5.97 Å². The Morgan fingerprint density at radius 2 is 1.65 bits per heavy atom. The van der Waals surface area contributed by atoms with Gasteiger partial charge in [-0.3, -0.25) is 0 Å². The molecular formula is C20H19N3O3. The summed E-state index contributed by atoms with van der Waals surface area (Å²) < 4.78 is 5.18. The second-order valence-corrected chi connectivity index (χ2v) is 5.84. The van der Waals surface area contributed by atoms with Crippen LogP contribution in [-0.4, -0.2) is 28.2 Å². The van der Waals surface area contributed by atoms with Crippen molar-refractivity contribution >= 4 is 17.5 Å². The number of hydrogen-bond donors (Lipinski definition) is 2. The van der Waals surface area contributed by atoms with Crippen LogP contribution in [0.2, 0.25) is 0 Å². The highest BCUT2D eigenvalue weighted by Gasteiger charge is 2.11. The summed E-state index contributed by atoms with van der Waals surface area (Å²) in [5.74, 6) is 1.12. The van der Waals surface area contributed by atoms with Crippen molar-refractivity contribution in [3.63, 3.8) is 0 Å². The summed E-state index contributed by atoms with van der Waals surface area (Å²) in [5, 5.41) is 12.2. The lowest BCUT2D eigenvalue weighted by atomic mass is 10.1. The van der Waals surface area contributed by atoms with Crippen LogP contribution in [0, 0.1) is 13.8 Å². The lowest BCUT2D eigenvalue weighted by Crippen LogP contribution is -2.03. The van der Waals surface area contributed by atoms with Gasteiger partial charge in [0.15, 0.2) is 5.82 Å². The fraction of sp³-hybridized carbons (Fsp3) is 0.150. The van der Waals surface area contributed by atoms with Gasteiger partial charge in [-0.15, -0.1) is 0 Å². The first-order chi connectivity index (χ1) is 12.5. The van der Waals surface area contributed by atoms with E-state index in [0.717, 1.165) is 28.3 Å². The summed E-state index contributed by atoms with van der Waals surface area (Å²) in [6, 6.07) is 14.1. The largest absolute Gasteiger partial charge is 0.497 e. The molecule has 0 amide bonds. The minimum Gasteiger partial charge on any atom is -0.497 e. The van der Waals surface area contributed by atoms with Gasteiger partial charge in [-0.05, 0) is 62.4 Å².